The number of nitrogens with zero attached hydrogens (tertiary/aromatic N) is 5. The number of hydrogen-bond donors (Lipinski definition) is 0. The minimum absolute atomic E-state index is 0.238. The molecule has 3 heterocycles. The molecule has 3 rings (SSSR count). The predicted octanol–water partition coefficient (Wildman–Crippen LogP) is 1.08. The largest absolute Gasteiger partial charge is 0.341 e. The first kappa shape index (κ1) is 14.0. The van der Waals surface area contributed by atoms with Gasteiger partial charge in [-0.1, -0.05) is 0 Å². The van der Waals surface area contributed by atoms with Gasteiger partial charge in [0.1, 0.15) is 0 Å². The lowest BCUT2D eigenvalue weighted by molar-refractivity contribution is 0.566. The lowest BCUT2D eigenvalue weighted by Crippen LogP contribution is -2.39. The topological polar surface area (TPSA) is 62.2 Å². The van der Waals surface area contributed by atoms with Crippen molar-refractivity contribution < 1.29 is 4.21 Å². The standard InChI is InChI=1S/C12H18ClN5OS/c13-10-14-11(17-4-2-1-3-5-17)16-12(15-10)18-6-8-20(19)9-7-18/h1-9H2. The van der Waals surface area contributed by atoms with Crippen molar-refractivity contribution in [2.75, 3.05) is 47.5 Å². The van der Waals surface area contributed by atoms with Crippen LogP contribution in [0.3, 0.4) is 0 Å². The van der Waals surface area contributed by atoms with Gasteiger partial charge >= 0.3 is 0 Å². The minimum Gasteiger partial charge on any atom is -0.341 e. The first-order valence-electron chi connectivity index (χ1n) is 6.99. The average Bonchev–Trinajstić information content (AvgIpc) is 2.48. The second kappa shape index (κ2) is 6.22. The first-order chi connectivity index (χ1) is 9.72. The molecule has 6 nitrogen and oxygen atoms in total. The molecule has 0 atom stereocenters. The van der Waals surface area contributed by atoms with Crippen molar-refractivity contribution in [3.63, 3.8) is 0 Å². The molecule has 0 saturated carbocycles. The molecule has 2 saturated heterocycles. The van der Waals surface area contributed by atoms with Gasteiger partial charge in [-0.3, -0.25) is 4.21 Å². The molecule has 0 aliphatic carbocycles. The molecule has 0 radical (unpaired) electrons. The van der Waals surface area contributed by atoms with E-state index in [1.165, 1.54) is 19.3 Å². The molecule has 0 aromatic carbocycles. The highest BCUT2D eigenvalue weighted by atomic mass is 35.5. The highest BCUT2D eigenvalue weighted by Crippen LogP contribution is 2.20. The summed E-state index contributed by atoms with van der Waals surface area (Å²) in [6.07, 6.45) is 3.60. The zero-order valence-corrected chi connectivity index (χ0v) is 12.9. The molecule has 110 valence electrons. The van der Waals surface area contributed by atoms with Crippen LogP contribution in [0.1, 0.15) is 19.3 Å². The van der Waals surface area contributed by atoms with Gasteiger partial charge in [-0.15, -0.1) is 0 Å². The summed E-state index contributed by atoms with van der Waals surface area (Å²) in [4.78, 5) is 17.2. The van der Waals surface area contributed by atoms with Crippen LogP contribution in [0.15, 0.2) is 0 Å². The highest BCUT2D eigenvalue weighted by Gasteiger charge is 2.21. The summed E-state index contributed by atoms with van der Waals surface area (Å²) in [5.74, 6) is 2.62. The summed E-state index contributed by atoms with van der Waals surface area (Å²) in [5, 5.41) is 0.238. The second-order valence-corrected chi connectivity index (χ2v) is 7.12. The van der Waals surface area contributed by atoms with Crippen molar-refractivity contribution in [1.29, 1.82) is 0 Å². The van der Waals surface area contributed by atoms with E-state index in [0.29, 0.717) is 36.5 Å². The van der Waals surface area contributed by atoms with Crippen LogP contribution in [0.2, 0.25) is 5.28 Å². The molecule has 8 heteroatoms. The number of halogens is 1. The monoisotopic (exact) mass is 315 g/mol. The SMILES string of the molecule is O=S1CCN(c2nc(Cl)nc(N3CCCCC3)n2)CC1. The Morgan fingerprint density at radius 2 is 1.40 bits per heavy atom. The molecule has 1 aromatic rings. The minimum atomic E-state index is -0.706. The Hall–Kier alpha value is -0.950. The molecule has 0 spiro atoms. The van der Waals surface area contributed by atoms with Gasteiger partial charge in [0.25, 0.3) is 0 Å². The fourth-order valence-electron chi connectivity index (χ4n) is 2.54. The first-order valence-corrected chi connectivity index (χ1v) is 8.85. The van der Waals surface area contributed by atoms with Crippen LogP contribution in [0, 0.1) is 0 Å². The van der Waals surface area contributed by atoms with Crippen molar-refractivity contribution in [2.24, 2.45) is 0 Å². The maximum Gasteiger partial charge on any atom is 0.231 e. The molecule has 0 amide bonds. The van der Waals surface area contributed by atoms with Gasteiger partial charge in [-0.2, -0.15) is 15.0 Å². The zero-order chi connectivity index (χ0) is 13.9. The summed E-state index contributed by atoms with van der Waals surface area (Å²) in [6, 6.07) is 0. The van der Waals surface area contributed by atoms with Crippen LogP contribution in [0.25, 0.3) is 0 Å². The number of rotatable bonds is 2. The van der Waals surface area contributed by atoms with E-state index in [-0.39, 0.29) is 5.28 Å². The van der Waals surface area contributed by atoms with E-state index >= 15 is 0 Å². The highest BCUT2D eigenvalue weighted by molar-refractivity contribution is 7.85. The van der Waals surface area contributed by atoms with Crippen LogP contribution in [0.4, 0.5) is 11.9 Å². The van der Waals surface area contributed by atoms with Gasteiger partial charge in [0.15, 0.2) is 0 Å². The van der Waals surface area contributed by atoms with Crippen LogP contribution in [-0.4, -0.2) is 56.8 Å². The maximum atomic E-state index is 11.4. The van der Waals surface area contributed by atoms with E-state index in [1.54, 1.807) is 0 Å². The Balaban J connectivity index is 1.80. The average molecular weight is 316 g/mol. The number of hydrogen-bond acceptors (Lipinski definition) is 6. The normalized spacial score (nSPS) is 21.2. The quantitative estimate of drug-likeness (QED) is 0.814. The molecule has 0 unspecified atom stereocenters. The van der Waals surface area contributed by atoms with Gasteiger partial charge in [-0.25, -0.2) is 0 Å². The molecule has 20 heavy (non-hydrogen) atoms. The fraction of sp³-hybridized carbons (Fsp3) is 0.750. The van der Waals surface area contributed by atoms with Crippen molar-refractivity contribution in [2.45, 2.75) is 19.3 Å². The fourth-order valence-corrected chi connectivity index (χ4v) is 3.75. The van der Waals surface area contributed by atoms with Gasteiger partial charge < -0.3 is 9.80 Å². The number of piperidine rings is 1. The van der Waals surface area contributed by atoms with E-state index in [1.807, 2.05) is 4.90 Å². The van der Waals surface area contributed by atoms with Crippen LogP contribution in [-0.2, 0) is 10.8 Å². The second-order valence-electron chi connectivity index (χ2n) is 5.09. The van der Waals surface area contributed by atoms with Crippen molar-refractivity contribution in [3.8, 4) is 0 Å². The molecule has 0 bridgehead atoms. The Bertz CT molecular complexity index is 499. The molecule has 0 N–H and O–H groups in total. The third-order valence-corrected chi connectivity index (χ3v) is 5.13. The van der Waals surface area contributed by atoms with E-state index in [9.17, 15) is 4.21 Å². The third kappa shape index (κ3) is 3.20. The van der Waals surface area contributed by atoms with Gasteiger partial charge in [0.05, 0.1) is 0 Å². The summed E-state index contributed by atoms with van der Waals surface area (Å²) in [6.45, 7) is 3.38. The van der Waals surface area contributed by atoms with Gasteiger partial charge in [-0.05, 0) is 30.9 Å². The number of aromatic nitrogens is 3. The molecular weight excluding hydrogens is 298 g/mol. The summed E-state index contributed by atoms with van der Waals surface area (Å²) >= 11 is 6.04. The molecule has 1 aromatic heterocycles. The van der Waals surface area contributed by atoms with Gasteiger partial charge in [0.2, 0.25) is 17.2 Å². The van der Waals surface area contributed by atoms with Crippen molar-refractivity contribution >= 4 is 34.3 Å². The predicted molar refractivity (Wildman–Crippen MR) is 81.0 cm³/mol. The van der Waals surface area contributed by atoms with E-state index < -0.39 is 10.8 Å². The summed E-state index contributed by atoms with van der Waals surface area (Å²) in [5.41, 5.74) is 0. The summed E-state index contributed by atoms with van der Waals surface area (Å²) < 4.78 is 11.4. The molecule has 2 fully saturated rings. The Labute approximate surface area is 126 Å². The van der Waals surface area contributed by atoms with Crippen LogP contribution >= 0.6 is 11.6 Å². The maximum absolute atomic E-state index is 11.4. The zero-order valence-electron chi connectivity index (χ0n) is 11.3. The van der Waals surface area contributed by atoms with Crippen LogP contribution < -0.4 is 9.80 Å². The molecular formula is C12H18ClN5OS. The van der Waals surface area contributed by atoms with Crippen molar-refractivity contribution in [1.82, 2.24) is 15.0 Å². The number of anilines is 2. The summed E-state index contributed by atoms with van der Waals surface area (Å²) in [7, 11) is -0.706. The molecule has 2 aliphatic heterocycles. The van der Waals surface area contributed by atoms with E-state index in [4.69, 9.17) is 11.6 Å². The Morgan fingerprint density at radius 1 is 0.850 bits per heavy atom. The molecule has 2 aliphatic rings. The Kier molecular flexibility index (Phi) is 4.35. The Morgan fingerprint density at radius 3 is 2.00 bits per heavy atom. The lowest BCUT2D eigenvalue weighted by Gasteiger charge is -2.29. The van der Waals surface area contributed by atoms with E-state index in [2.05, 4.69) is 19.9 Å². The van der Waals surface area contributed by atoms with E-state index in [0.717, 1.165) is 13.1 Å². The lowest BCUT2D eigenvalue weighted by atomic mass is 10.1. The van der Waals surface area contributed by atoms with Crippen molar-refractivity contribution in [3.05, 3.63) is 5.28 Å². The smallest absolute Gasteiger partial charge is 0.231 e. The third-order valence-electron chi connectivity index (χ3n) is 3.68. The van der Waals surface area contributed by atoms with Crippen LogP contribution in [0.5, 0.6) is 0 Å². The van der Waals surface area contributed by atoms with Gasteiger partial charge in [0, 0.05) is 48.5 Å².